The third-order valence-electron chi connectivity index (χ3n) is 4.00. The van der Waals surface area contributed by atoms with Crippen LogP contribution in [0.5, 0.6) is 0 Å². The lowest BCUT2D eigenvalue weighted by Gasteiger charge is -2.19. The van der Waals surface area contributed by atoms with Gasteiger partial charge >= 0.3 is 0 Å². The summed E-state index contributed by atoms with van der Waals surface area (Å²) in [6, 6.07) is 7.24. The Bertz CT molecular complexity index is 585. The molecule has 1 unspecified atom stereocenters. The van der Waals surface area contributed by atoms with Gasteiger partial charge in [-0.05, 0) is 43.7 Å². The van der Waals surface area contributed by atoms with Gasteiger partial charge in [-0.25, -0.2) is 0 Å². The summed E-state index contributed by atoms with van der Waals surface area (Å²) in [7, 11) is 0. The summed E-state index contributed by atoms with van der Waals surface area (Å²) in [5.74, 6) is -0.0868. The van der Waals surface area contributed by atoms with E-state index in [1.807, 2.05) is 0 Å². The Morgan fingerprint density at radius 3 is 2.36 bits per heavy atom. The Morgan fingerprint density at radius 1 is 1.20 bits per heavy atom. The second kappa shape index (κ2) is 10.7. The number of benzene rings is 1. The molecule has 25 heavy (non-hydrogen) atoms. The van der Waals surface area contributed by atoms with Crippen molar-refractivity contribution in [2.45, 2.75) is 25.3 Å². The lowest BCUT2D eigenvalue weighted by Crippen LogP contribution is -2.31. The zero-order valence-electron chi connectivity index (χ0n) is 14.4. The Hall–Kier alpha value is -2.11. The molecule has 1 atom stereocenters. The van der Waals surface area contributed by atoms with Gasteiger partial charge in [-0.1, -0.05) is 12.2 Å². The van der Waals surface area contributed by atoms with E-state index in [1.165, 1.54) is 0 Å². The van der Waals surface area contributed by atoms with E-state index >= 15 is 0 Å². The van der Waals surface area contributed by atoms with Crippen molar-refractivity contribution in [1.82, 2.24) is 10.2 Å². The first-order chi connectivity index (χ1) is 11.6. The molecule has 1 saturated heterocycles. The number of nitrogens with one attached hydrogen (secondary N) is 2. The number of amides is 2. The number of rotatable bonds is 8. The number of halogens is 1. The van der Waals surface area contributed by atoms with Crippen molar-refractivity contribution >= 4 is 29.9 Å². The predicted molar refractivity (Wildman–Crippen MR) is 104 cm³/mol. The van der Waals surface area contributed by atoms with E-state index in [1.54, 1.807) is 41.3 Å². The van der Waals surface area contributed by atoms with E-state index in [-0.39, 0.29) is 30.3 Å². The lowest BCUT2D eigenvalue weighted by molar-refractivity contribution is -0.116. The molecule has 0 aliphatic carbocycles. The predicted octanol–water partition coefficient (Wildman–Crippen LogP) is 3.00. The van der Waals surface area contributed by atoms with Crippen molar-refractivity contribution in [2.24, 2.45) is 0 Å². The molecule has 0 aromatic heterocycles. The van der Waals surface area contributed by atoms with Crippen LogP contribution in [0.2, 0.25) is 0 Å². The molecule has 2 N–H and O–H groups in total. The topological polar surface area (TPSA) is 61.4 Å². The average Bonchev–Trinajstić information content (AvgIpc) is 3.07. The quantitative estimate of drug-likeness (QED) is 0.698. The standard InChI is InChI=1S/C19H25N3O2.ClH/c1-3-12-22(13-4-2)19(24)15-7-9-16(10-8-15)21-18(23)14-17-6-5-11-20-17;/h3-4,7-10,17,20H,1-2,5-6,11-14H2,(H,21,23);1H. The zero-order valence-corrected chi connectivity index (χ0v) is 15.2. The normalized spacial score (nSPS) is 15.8. The summed E-state index contributed by atoms with van der Waals surface area (Å²) in [4.78, 5) is 26.1. The van der Waals surface area contributed by atoms with Crippen LogP contribution in [-0.2, 0) is 4.79 Å². The van der Waals surface area contributed by atoms with Crippen molar-refractivity contribution in [3.63, 3.8) is 0 Å². The van der Waals surface area contributed by atoms with Crippen LogP contribution in [0, 0.1) is 0 Å². The van der Waals surface area contributed by atoms with E-state index in [9.17, 15) is 9.59 Å². The molecule has 1 aliphatic heterocycles. The van der Waals surface area contributed by atoms with E-state index in [4.69, 9.17) is 0 Å². The molecule has 0 bridgehead atoms. The van der Waals surface area contributed by atoms with Crippen molar-refractivity contribution in [3.8, 4) is 0 Å². The van der Waals surface area contributed by atoms with Crippen molar-refractivity contribution < 1.29 is 9.59 Å². The van der Waals surface area contributed by atoms with Crippen LogP contribution in [0.15, 0.2) is 49.6 Å². The SMILES string of the molecule is C=CCN(CC=C)C(=O)c1ccc(NC(=O)CC2CCCN2)cc1.Cl. The Morgan fingerprint density at radius 2 is 1.84 bits per heavy atom. The molecule has 2 rings (SSSR count). The fraction of sp³-hybridized carbons (Fsp3) is 0.368. The highest BCUT2D eigenvalue weighted by molar-refractivity contribution is 5.96. The zero-order chi connectivity index (χ0) is 17.4. The first-order valence-electron chi connectivity index (χ1n) is 8.28. The average molecular weight is 364 g/mol. The molecule has 1 fully saturated rings. The summed E-state index contributed by atoms with van der Waals surface area (Å²) in [5, 5.41) is 6.18. The molecule has 6 heteroatoms. The van der Waals surface area contributed by atoms with Crippen LogP contribution >= 0.6 is 12.4 Å². The maximum atomic E-state index is 12.4. The summed E-state index contributed by atoms with van der Waals surface area (Å²) in [5.41, 5.74) is 1.28. The van der Waals surface area contributed by atoms with Gasteiger partial charge in [0, 0.05) is 36.8 Å². The van der Waals surface area contributed by atoms with Gasteiger partial charge in [-0.2, -0.15) is 0 Å². The molecule has 1 heterocycles. The number of anilines is 1. The molecule has 5 nitrogen and oxygen atoms in total. The Labute approximate surface area is 155 Å². The first kappa shape index (κ1) is 20.9. The van der Waals surface area contributed by atoms with Gasteiger partial charge in [0.15, 0.2) is 0 Å². The monoisotopic (exact) mass is 363 g/mol. The summed E-state index contributed by atoms with van der Waals surface area (Å²) >= 11 is 0. The fourth-order valence-corrected chi connectivity index (χ4v) is 2.80. The first-order valence-corrected chi connectivity index (χ1v) is 8.28. The second-order valence-corrected chi connectivity index (χ2v) is 5.91. The highest BCUT2D eigenvalue weighted by Crippen LogP contribution is 2.14. The third kappa shape index (κ3) is 6.36. The largest absolute Gasteiger partial charge is 0.331 e. The summed E-state index contributed by atoms with van der Waals surface area (Å²) in [6.45, 7) is 9.26. The number of hydrogen-bond acceptors (Lipinski definition) is 3. The minimum atomic E-state index is -0.0807. The van der Waals surface area contributed by atoms with Crippen molar-refractivity contribution in [1.29, 1.82) is 0 Å². The van der Waals surface area contributed by atoms with Gasteiger partial charge in [0.1, 0.15) is 0 Å². The summed E-state index contributed by atoms with van der Waals surface area (Å²) < 4.78 is 0. The van der Waals surface area contributed by atoms with Crippen LogP contribution in [0.25, 0.3) is 0 Å². The minimum absolute atomic E-state index is 0. The second-order valence-electron chi connectivity index (χ2n) is 5.91. The smallest absolute Gasteiger partial charge is 0.254 e. The number of hydrogen-bond donors (Lipinski definition) is 2. The van der Waals surface area contributed by atoms with Crippen LogP contribution in [0.3, 0.4) is 0 Å². The molecule has 0 radical (unpaired) electrons. The van der Waals surface area contributed by atoms with Gasteiger partial charge in [0.25, 0.3) is 5.91 Å². The molecular formula is C19H26ClN3O2. The Balaban J connectivity index is 0.00000312. The van der Waals surface area contributed by atoms with E-state index in [0.29, 0.717) is 30.8 Å². The van der Waals surface area contributed by atoms with Crippen LogP contribution in [0.4, 0.5) is 5.69 Å². The molecule has 136 valence electrons. The maximum Gasteiger partial charge on any atom is 0.254 e. The van der Waals surface area contributed by atoms with Gasteiger partial charge in [-0.3, -0.25) is 9.59 Å². The number of carbonyl (C=O) groups is 2. The molecular weight excluding hydrogens is 338 g/mol. The maximum absolute atomic E-state index is 12.4. The van der Waals surface area contributed by atoms with Gasteiger partial charge in [-0.15, -0.1) is 25.6 Å². The van der Waals surface area contributed by atoms with E-state index in [2.05, 4.69) is 23.8 Å². The van der Waals surface area contributed by atoms with Crippen molar-refractivity contribution in [3.05, 3.63) is 55.1 Å². The number of nitrogens with zero attached hydrogens (tertiary/aromatic N) is 1. The van der Waals surface area contributed by atoms with Crippen molar-refractivity contribution in [2.75, 3.05) is 25.0 Å². The molecule has 0 spiro atoms. The molecule has 1 aliphatic rings. The van der Waals surface area contributed by atoms with Crippen LogP contribution in [0.1, 0.15) is 29.6 Å². The van der Waals surface area contributed by atoms with Gasteiger partial charge < -0.3 is 15.5 Å². The molecule has 2 amide bonds. The summed E-state index contributed by atoms with van der Waals surface area (Å²) in [6.07, 6.45) is 6.03. The van der Waals surface area contributed by atoms with Crippen LogP contribution in [-0.4, -0.2) is 42.4 Å². The highest BCUT2D eigenvalue weighted by Gasteiger charge is 2.18. The lowest BCUT2D eigenvalue weighted by atomic mass is 10.1. The molecule has 0 saturated carbocycles. The van der Waals surface area contributed by atoms with Gasteiger partial charge in [0.05, 0.1) is 0 Å². The van der Waals surface area contributed by atoms with Crippen LogP contribution < -0.4 is 10.6 Å². The molecule has 1 aromatic carbocycles. The Kier molecular flexibility index (Phi) is 8.95. The highest BCUT2D eigenvalue weighted by atomic mass is 35.5. The fourth-order valence-electron chi connectivity index (χ4n) is 2.80. The molecule has 1 aromatic rings. The minimum Gasteiger partial charge on any atom is -0.331 e. The van der Waals surface area contributed by atoms with E-state index < -0.39 is 0 Å². The third-order valence-corrected chi connectivity index (χ3v) is 4.00. The van der Waals surface area contributed by atoms with E-state index in [0.717, 1.165) is 19.4 Å². The van der Waals surface area contributed by atoms with Gasteiger partial charge in [0.2, 0.25) is 5.91 Å². The number of carbonyl (C=O) groups excluding carboxylic acids is 2.